The van der Waals surface area contributed by atoms with E-state index in [4.69, 9.17) is 0 Å². The Balaban J connectivity index is 1.72. The number of aromatic nitrogens is 3. The molecule has 2 aromatic heterocycles. The number of carbonyl (C=O) groups is 1. The maximum atomic E-state index is 12.4. The Bertz CT molecular complexity index is 821. The number of amides is 1. The normalized spacial score (nSPS) is 12.1. The molecule has 6 nitrogen and oxygen atoms in total. The van der Waals surface area contributed by atoms with E-state index in [1.807, 2.05) is 55.1 Å². The molecule has 2 N–H and O–H groups in total. The molecule has 1 aromatic carbocycles. The number of rotatable bonds is 5. The van der Waals surface area contributed by atoms with E-state index in [9.17, 15) is 4.79 Å². The second kappa shape index (κ2) is 6.48. The molecule has 3 rings (SSSR count). The van der Waals surface area contributed by atoms with Crippen LogP contribution in [0.2, 0.25) is 0 Å². The summed E-state index contributed by atoms with van der Waals surface area (Å²) in [6.45, 7) is 4.63. The average Bonchev–Trinajstić information content (AvgIpc) is 3.02. The van der Waals surface area contributed by atoms with Gasteiger partial charge in [0.05, 0.1) is 23.1 Å². The van der Waals surface area contributed by atoms with Gasteiger partial charge in [-0.3, -0.25) is 14.5 Å². The number of hydrogen-bond donors (Lipinski definition) is 2. The van der Waals surface area contributed by atoms with Gasteiger partial charge in [-0.05, 0) is 38.1 Å². The fourth-order valence-electron chi connectivity index (χ4n) is 2.38. The number of hydrogen-bond acceptors (Lipinski definition) is 4. The van der Waals surface area contributed by atoms with E-state index in [1.165, 1.54) is 0 Å². The van der Waals surface area contributed by atoms with Gasteiger partial charge >= 0.3 is 0 Å². The Morgan fingerprint density at radius 1 is 1.30 bits per heavy atom. The van der Waals surface area contributed by atoms with Crippen molar-refractivity contribution in [1.29, 1.82) is 0 Å². The van der Waals surface area contributed by atoms with Gasteiger partial charge in [-0.15, -0.1) is 0 Å². The van der Waals surface area contributed by atoms with E-state index in [0.29, 0.717) is 0 Å². The zero-order valence-electron chi connectivity index (χ0n) is 13.2. The summed E-state index contributed by atoms with van der Waals surface area (Å²) in [6.07, 6.45) is 5.34. The predicted octanol–water partition coefficient (Wildman–Crippen LogP) is 2.89. The molecule has 118 valence electrons. The first-order valence-corrected chi connectivity index (χ1v) is 7.61. The van der Waals surface area contributed by atoms with Crippen molar-refractivity contribution in [3.05, 3.63) is 48.9 Å². The lowest BCUT2D eigenvalue weighted by atomic mass is 10.1. The zero-order valence-corrected chi connectivity index (χ0v) is 13.2. The molecule has 23 heavy (non-hydrogen) atoms. The summed E-state index contributed by atoms with van der Waals surface area (Å²) in [7, 11) is 0. The van der Waals surface area contributed by atoms with Crippen LogP contribution in [0.3, 0.4) is 0 Å². The summed E-state index contributed by atoms with van der Waals surface area (Å²) < 4.78 is 1.81. The van der Waals surface area contributed by atoms with Crippen LogP contribution in [0.1, 0.15) is 13.8 Å². The Hall–Kier alpha value is -2.89. The van der Waals surface area contributed by atoms with E-state index in [2.05, 4.69) is 20.7 Å². The number of pyridine rings is 1. The van der Waals surface area contributed by atoms with Crippen molar-refractivity contribution in [1.82, 2.24) is 14.8 Å². The molecule has 0 aliphatic heterocycles. The van der Waals surface area contributed by atoms with Gasteiger partial charge in [0.15, 0.2) is 0 Å². The monoisotopic (exact) mass is 309 g/mol. The van der Waals surface area contributed by atoms with Gasteiger partial charge < -0.3 is 10.6 Å². The van der Waals surface area contributed by atoms with Crippen molar-refractivity contribution >= 4 is 28.2 Å². The van der Waals surface area contributed by atoms with Crippen molar-refractivity contribution in [3.63, 3.8) is 0 Å². The smallest absolute Gasteiger partial charge is 0.246 e. The van der Waals surface area contributed by atoms with Gasteiger partial charge in [0.25, 0.3) is 0 Å². The number of nitrogens with zero attached hydrogens (tertiary/aromatic N) is 3. The standard InChI is InChI=1S/C17H19N5O/c1-3-22-11-13(10-19-22)20-12(2)17(23)21-16-8-4-7-15-14(16)6-5-9-18-15/h4-12,20H,3H2,1-2H3,(H,21,23)/t12-/m1/s1. The second-order valence-corrected chi connectivity index (χ2v) is 5.32. The Morgan fingerprint density at radius 3 is 2.96 bits per heavy atom. The molecule has 1 amide bonds. The van der Waals surface area contributed by atoms with Crippen molar-refractivity contribution in [3.8, 4) is 0 Å². The maximum Gasteiger partial charge on any atom is 0.246 e. The van der Waals surface area contributed by atoms with Crippen LogP contribution in [0.4, 0.5) is 11.4 Å². The van der Waals surface area contributed by atoms with Crippen LogP contribution in [0.15, 0.2) is 48.9 Å². The third kappa shape index (κ3) is 3.31. The highest BCUT2D eigenvalue weighted by molar-refractivity contribution is 6.03. The average molecular weight is 309 g/mol. The van der Waals surface area contributed by atoms with Crippen LogP contribution >= 0.6 is 0 Å². The van der Waals surface area contributed by atoms with E-state index in [0.717, 1.165) is 28.8 Å². The summed E-state index contributed by atoms with van der Waals surface area (Å²) >= 11 is 0. The summed E-state index contributed by atoms with van der Waals surface area (Å²) in [6, 6.07) is 9.11. The molecule has 0 aliphatic rings. The van der Waals surface area contributed by atoms with Crippen LogP contribution in [0, 0.1) is 0 Å². The SMILES string of the molecule is CCn1cc(N[C@H](C)C(=O)Nc2cccc3ncccc23)cn1. The van der Waals surface area contributed by atoms with Crippen molar-refractivity contribution in [2.75, 3.05) is 10.6 Å². The number of carbonyl (C=O) groups excluding carboxylic acids is 1. The lowest BCUT2D eigenvalue weighted by Crippen LogP contribution is -2.31. The number of benzene rings is 1. The number of nitrogens with one attached hydrogen (secondary N) is 2. The largest absolute Gasteiger partial charge is 0.371 e. The molecule has 0 radical (unpaired) electrons. The quantitative estimate of drug-likeness (QED) is 0.760. The van der Waals surface area contributed by atoms with Crippen LogP contribution < -0.4 is 10.6 Å². The molecule has 1 atom stereocenters. The van der Waals surface area contributed by atoms with Gasteiger partial charge in [0, 0.05) is 24.3 Å². The fourth-order valence-corrected chi connectivity index (χ4v) is 2.38. The van der Waals surface area contributed by atoms with Gasteiger partial charge in [-0.25, -0.2) is 0 Å². The topological polar surface area (TPSA) is 71.8 Å². The van der Waals surface area contributed by atoms with E-state index in [1.54, 1.807) is 12.4 Å². The Morgan fingerprint density at radius 2 is 2.17 bits per heavy atom. The van der Waals surface area contributed by atoms with E-state index < -0.39 is 0 Å². The first kappa shape index (κ1) is 15.0. The van der Waals surface area contributed by atoms with Crippen LogP contribution in [-0.4, -0.2) is 26.7 Å². The fraction of sp³-hybridized carbons (Fsp3) is 0.235. The number of anilines is 2. The molecular weight excluding hydrogens is 290 g/mol. The maximum absolute atomic E-state index is 12.4. The van der Waals surface area contributed by atoms with E-state index in [-0.39, 0.29) is 11.9 Å². The first-order chi connectivity index (χ1) is 11.2. The van der Waals surface area contributed by atoms with Gasteiger partial charge in [-0.2, -0.15) is 5.10 Å². The molecule has 0 bridgehead atoms. The molecule has 0 spiro atoms. The minimum atomic E-state index is -0.378. The van der Waals surface area contributed by atoms with Crippen LogP contribution in [-0.2, 0) is 11.3 Å². The third-order valence-corrected chi connectivity index (χ3v) is 3.64. The van der Waals surface area contributed by atoms with Crippen molar-refractivity contribution in [2.45, 2.75) is 26.4 Å². The predicted molar refractivity (Wildman–Crippen MR) is 91.4 cm³/mol. The van der Waals surface area contributed by atoms with Crippen molar-refractivity contribution < 1.29 is 4.79 Å². The Labute approximate surface area is 134 Å². The molecular formula is C17H19N5O. The number of aryl methyl sites for hydroxylation is 1. The summed E-state index contributed by atoms with van der Waals surface area (Å²) in [5.41, 5.74) is 2.45. The minimum absolute atomic E-state index is 0.106. The van der Waals surface area contributed by atoms with E-state index >= 15 is 0 Å². The summed E-state index contributed by atoms with van der Waals surface area (Å²) in [5, 5.41) is 11.2. The molecule has 0 unspecified atom stereocenters. The van der Waals surface area contributed by atoms with Crippen LogP contribution in [0.5, 0.6) is 0 Å². The third-order valence-electron chi connectivity index (χ3n) is 3.64. The molecule has 3 aromatic rings. The van der Waals surface area contributed by atoms with Crippen LogP contribution in [0.25, 0.3) is 10.9 Å². The Kier molecular flexibility index (Phi) is 4.23. The number of fused-ring (bicyclic) bond motifs is 1. The highest BCUT2D eigenvalue weighted by Gasteiger charge is 2.14. The molecule has 6 heteroatoms. The minimum Gasteiger partial charge on any atom is -0.371 e. The first-order valence-electron chi connectivity index (χ1n) is 7.61. The lowest BCUT2D eigenvalue weighted by molar-refractivity contribution is -0.116. The summed E-state index contributed by atoms with van der Waals surface area (Å²) in [4.78, 5) is 16.7. The lowest BCUT2D eigenvalue weighted by Gasteiger charge is -2.15. The molecule has 2 heterocycles. The highest BCUT2D eigenvalue weighted by atomic mass is 16.2. The highest BCUT2D eigenvalue weighted by Crippen LogP contribution is 2.21. The van der Waals surface area contributed by atoms with Gasteiger partial charge in [0.1, 0.15) is 6.04 Å². The zero-order chi connectivity index (χ0) is 16.2. The molecule has 0 saturated carbocycles. The molecule has 0 saturated heterocycles. The summed E-state index contributed by atoms with van der Waals surface area (Å²) in [5.74, 6) is -0.106. The molecule has 0 aliphatic carbocycles. The van der Waals surface area contributed by atoms with Crippen molar-refractivity contribution in [2.24, 2.45) is 0 Å². The van der Waals surface area contributed by atoms with Gasteiger partial charge in [0.2, 0.25) is 5.91 Å². The molecule has 0 fully saturated rings. The second-order valence-electron chi connectivity index (χ2n) is 5.32. The van der Waals surface area contributed by atoms with Gasteiger partial charge in [-0.1, -0.05) is 6.07 Å².